The molecule has 1 rings (SSSR count). The second kappa shape index (κ2) is 6.87. The van der Waals surface area contributed by atoms with Gasteiger partial charge in [-0.2, -0.15) is 0 Å². The molecule has 102 valence electrons. The molecule has 0 heterocycles. The fraction of sp³-hybridized carbons (Fsp3) is 0.538. The predicted molar refractivity (Wildman–Crippen MR) is 71.9 cm³/mol. The largest absolute Gasteiger partial charge is 0.393 e. The molecule has 0 saturated heterocycles. The van der Waals surface area contributed by atoms with Crippen molar-refractivity contribution in [2.24, 2.45) is 0 Å². The summed E-state index contributed by atoms with van der Waals surface area (Å²) in [5.74, 6) is 0. The Balaban J connectivity index is 2.74. The van der Waals surface area contributed by atoms with Gasteiger partial charge in [-0.05, 0) is 30.5 Å². The van der Waals surface area contributed by atoms with Gasteiger partial charge in [0.1, 0.15) is 0 Å². The number of nitrogens with one attached hydrogen (secondary N) is 1. The molecule has 0 aliphatic rings. The van der Waals surface area contributed by atoms with Gasteiger partial charge in [-0.15, -0.1) is 0 Å². The zero-order valence-corrected chi connectivity index (χ0v) is 11.7. The maximum Gasteiger partial charge on any atom is 0.240 e. The van der Waals surface area contributed by atoms with E-state index in [1.807, 2.05) is 6.92 Å². The predicted octanol–water partition coefficient (Wildman–Crippen LogP) is 1.69. The Hall–Kier alpha value is -0.910. The molecular formula is C13H21NO3S. The standard InChI is InChI=1S/C13H21NO3S/c1-3-5-12(15)10-11-6-8-13(9-7-11)18(16,17)14-4-2/h6-9,12,14-15H,3-5,10H2,1-2H3. The van der Waals surface area contributed by atoms with E-state index < -0.39 is 10.0 Å². The van der Waals surface area contributed by atoms with Crippen LogP contribution < -0.4 is 4.72 Å². The van der Waals surface area contributed by atoms with Crippen molar-refractivity contribution in [1.82, 2.24) is 4.72 Å². The van der Waals surface area contributed by atoms with Gasteiger partial charge in [-0.25, -0.2) is 13.1 Å². The third kappa shape index (κ3) is 4.40. The summed E-state index contributed by atoms with van der Waals surface area (Å²) in [6.07, 6.45) is 1.91. The maximum absolute atomic E-state index is 11.7. The van der Waals surface area contributed by atoms with Crippen LogP contribution in [0.15, 0.2) is 29.2 Å². The highest BCUT2D eigenvalue weighted by Gasteiger charge is 2.12. The molecule has 5 heteroatoms. The molecule has 1 aromatic rings. The highest BCUT2D eigenvalue weighted by atomic mass is 32.2. The van der Waals surface area contributed by atoms with Crippen molar-refractivity contribution in [3.63, 3.8) is 0 Å². The van der Waals surface area contributed by atoms with E-state index in [2.05, 4.69) is 4.72 Å². The van der Waals surface area contributed by atoms with E-state index in [0.29, 0.717) is 13.0 Å². The summed E-state index contributed by atoms with van der Waals surface area (Å²) in [6.45, 7) is 4.14. The molecule has 0 spiro atoms. The molecule has 0 aliphatic carbocycles. The molecule has 0 aliphatic heterocycles. The first kappa shape index (κ1) is 15.1. The van der Waals surface area contributed by atoms with Crippen molar-refractivity contribution in [3.05, 3.63) is 29.8 Å². The third-order valence-electron chi connectivity index (χ3n) is 2.66. The molecule has 0 aromatic heterocycles. The van der Waals surface area contributed by atoms with Gasteiger partial charge in [0.05, 0.1) is 11.0 Å². The Morgan fingerprint density at radius 1 is 1.22 bits per heavy atom. The van der Waals surface area contributed by atoms with Gasteiger partial charge in [0.15, 0.2) is 0 Å². The summed E-state index contributed by atoms with van der Waals surface area (Å²) in [4.78, 5) is 0.262. The lowest BCUT2D eigenvalue weighted by atomic mass is 10.1. The average molecular weight is 271 g/mol. The Morgan fingerprint density at radius 2 is 1.83 bits per heavy atom. The van der Waals surface area contributed by atoms with E-state index in [1.165, 1.54) is 0 Å². The lowest BCUT2D eigenvalue weighted by Gasteiger charge is -2.10. The normalized spacial score (nSPS) is 13.5. The Kier molecular flexibility index (Phi) is 5.78. The van der Waals surface area contributed by atoms with Crippen LogP contribution in [0.1, 0.15) is 32.3 Å². The van der Waals surface area contributed by atoms with Crippen LogP contribution in [0.3, 0.4) is 0 Å². The monoisotopic (exact) mass is 271 g/mol. The zero-order valence-electron chi connectivity index (χ0n) is 10.9. The van der Waals surface area contributed by atoms with Crippen LogP contribution in [0.5, 0.6) is 0 Å². The molecule has 4 nitrogen and oxygen atoms in total. The lowest BCUT2D eigenvalue weighted by molar-refractivity contribution is 0.164. The van der Waals surface area contributed by atoms with Crippen LogP contribution in [0.4, 0.5) is 0 Å². The van der Waals surface area contributed by atoms with Crippen LogP contribution in [0.25, 0.3) is 0 Å². The topological polar surface area (TPSA) is 66.4 Å². The van der Waals surface area contributed by atoms with Crippen LogP contribution in [0, 0.1) is 0 Å². The summed E-state index contributed by atoms with van der Waals surface area (Å²) in [5, 5.41) is 9.69. The molecule has 18 heavy (non-hydrogen) atoms. The number of hydrogen-bond donors (Lipinski definition) is 2. The van der Waals surface area contributed by atoms with Crippen molar-refractivity contribution in [3.8, 4) is 0 Å². The molecule has 0 saturated carbocycles. The van der Waals surface area contributed by atoms with Gasteiger partial charge in [-0.1, -0.05) is 32.4 Å². The van der Waals surface area contributed by atoms with Crippen LogP contribution in [0.2, 0.25) is 0 Å². The van der Waals surface area contributed by atoms with Crippen LogP contribution >= 0.6 is 0 Å². The van der Waals surface area contributed by atoms with Crippen molar-refractivity contribution in [2.45, 2.75) is 44.1 Å². The molecule has 1 aromatic carbocycles. The number of rotatable bonds is 7. The zero-order chi connectivity index (χ0) is 13.6. The van der Waals surface area contributed by atoms with E-state index in [-0.39, 0.29) is 11.0 Å². The minimum absolute atomic E-state index is 0.262. The molecule has 0 bridgehead atoms. The fourth-order valence-corrected chi connectivity index (χ4v) is 2.83. The molecule has 0 fully saturated rings. The molecule has 0 amide bonds. The minimum atomic E-state index is -3.38. The number of sulfonamides is 1. The van der Waals surface area contributed by atoms with E-state index in [9.17, 15) is 13.5 Å². The van der Waals surface area contributed by atoms with Gasteiger partial charge in [0.25, 0.3) is 0 Å². The fourth-order valence-electron chi connectivity index (χ4n) is 1.79. The van der Waals surface area contributed by atoms with E-state index >= 15 is 0 Å². The summed E-state index contributed by atoms with van der Waals surface area (Å²) in [5.41, 5.74) is 0.950. The first-order valence-corrected chi connectivity index (χ1v) is 7.74. The first-order valence-electron chi connectivity index (χ1n) is 6.26. The lowest BCUT2D eigenvalue weighted by Crippen LogP contribution is -2.23. The van der Waals surface area contributed by atoms with E-state index in [4.69, 9.17) is 0 Å². The van der Waals surface area contributed by atoms with Gasteiger partial charge in [-0.3, -0.25) is 0 Å². The maximum atomic E-state index is 11.7. The molecule has 1 atom stereocenters. The highest BCUT2D eigenvalue weighted by molar-refractivity contribution is 7.89. The van der Waals surface area contributed by atoms with Gasteiger partial charge in [0, 0.05) is 6.54 Å². The number of aliphatic hydroxyl groups excluding tert-OH is 1. The summed E-state index contributed by atoms with van der Waals surface area (Å²) < 4.78 is 25.9. The smallest absolute Gasteiger partial charge is 0.240 e. The highest BCUT2D eigenvalue weighted by Crippen LogP contribution is 2.13. The number of benzene rings is 1. The van der Waals surface area contributed by atoms with Gasteiger partial charge < -0.3 is 5.11 Å². The molecule has 1 unspecified atom stereocenters. The summed E-state index contributed by atoms with van der Waals surface area (Å²) in [7, 11) is -3.38. The minimum Gasteiger partial charge on any atom is -0.393 e. The first-order chi connectivity index (χ1) is 8.49. The van der Waals surface area contributed by atoms with Crippen molar-refractivity contribution < 1.29 is 13.5 Å². The second-order valence-corrected chi connectivity index (χ2v) is 6.06. The third-order valence-corrected chi connectivity index (χ3v) is 4.22. The van der Waals surface area contributed by atoms with Crippen molar-refractivity contribution in [1.29, 1.82) is 0 Å². The molecule has 0 radical (unpaired) electrons. The molecular weight excluding hydrogens is 250 g/mol. The Labute approximate surface area is 109 Å². The van der Waals surface area contributed by atoms with Gasteiger partial charge in [0.2, 0.25) is 10.0 Å². The average Bonchev–Trinajstić information content (AvgIpc) is 2.30. The van der Waals surface area contributed by atoms with Crippen molar-refractivity contribution >= 4 is 10.0 Å². The summed E-state index contributed by atoms with van der Waals surface area (Å²) >= 11 is 0. The van der Waals surface area contributed by atoms with E-state index in [0.717, 1.165) is 18.4 Å². The summed E-state index contributed by atoms with van der Waals surface area (Å²) in [6, 6.07) is 6.66. The SMILES string of the molecule is CCCC(O)Cc1ccc(S(=O)(=O)NCC)cc1. The van der Waals surface area contributed by atoms with Crippen LogP contribution in [-0.4, -0.2) is 26.2 Å². The van der Waals surface area contributed by atoms with E-state index in [1.54, 1.807) is 31.2 Å². The van der Waals surface area contributed by atoms with Gasteiger partial charge >= 0.3 is 0 Å². The Bertz CT molecular complexity index is 454. The molecule has 2 N–H and O–H groups in total. The van der Waals surface area contributed by atoms with Crippen LogP contribution in [-0.2, 0) is 16.4 Å². The second-order valence-electron chi connectivity index (χ2n) is 4.29. The quantitative estimate of drug-likeness (QED) is 0.793. The Morgan fingerprint density at radius 3 is 2.33 bits per heavy atom. The number of aliphatic hydroxyl groups is 1. The van der Waals surface area contributed by atoms with Crippen molar-refractivity contribution in [2.75, 3.05) is 6.54 Å². The number of hydrogen-bond acceptors (Lipinski definition) is 3.